The molecule has 1 N–H and O–H groups in total. The van der Waals surface area contributed by atoms with Crippen LogP contribution in [0.2, 0.25) is 0 Å². The lowest BCUT2D eigenvalue weighted by atomic mass is 9.99. The highest BCUT2D eigenvalue weighted by molar-refractivity contribution is 7.12. The molecule has 0 radical (unpaired) electrons. The van der Waals surface area contributed by atoms with Crippen molar-refractivity contribution in [1.29, 1.82) is 0 Å². The third kappa shape index (κ3) is 8.09. The van der Waals surface area contributed by atoms with Gasteiger partial charge in [-0.25, -0.2) is 9.78 Å². The third-order valence-electron chi connectivity index (χ3n) is 5.33. The number of ketones is 1. The summed E-state index contributed by atoms with van der Waals surface area (Å²) in [6.45, 7) is 7.78. The van der Waals surface area contributed by atoms with Crippen molar-refractivity contribution >= 4 is 29.2 Å². The molecule has 0 aliphatic carbocycles. The average Bonchev–Trinajstić information content (AvgIpc) is 3.23. The summed E-state index contributed by atoms with van der Waals surface area (Å²) < 4.78 is 9.94. The van der Waals surface area contributed by atoms with Crippen LogP contribution in [0.1, 0.15) is 85.3 Å². The van der Waals surface area contributed by atoms with Crippen LogP contribution in [0, 0.1) is 5.92 Å². The molecule has 2 rings (SSSR count). The second-order valence-electron chi connectivity index (χ2n) is 8.67. The van der Waals surface area contributed by atoms with E-state index in [4.69, 9.17) is 4.42 Å². The minimum absolute atomic E-state index is 0.163. The number of esters is 1. The molecular weight excluding hydrogens is 454 g/mol. The van der Waals surface area contributed by atoms with E-state index in [2.05, 4.69) is 23.6 Å². The van der Waals surface area contributed by atoms with Gasteiger partial charge in [0.2, 0.25) is 0 Å². The van der Waals surface area contributed by atoms with Crippen LogP contribution < -0.4 is 5.63 Å². The van der Waals surface area contributed by atoms with Gasteiger partial charge in [-0.2, -0.15) is 0 Å². The predicted molar refractivity (Wildman–Crippen MR) is 133 cm³/mol. The third-order valence-corrected chi connectivity index (χ3v) is 6.34. The first-order valence-corrected chi connectivity index (χ1v) is 12.2. The molecule has 0 spiro atoms. The van der Waals surface area contributed by atoms with Crippen molar-refractivity contribution in [2.75, 3.05) is 7.11 Å². The highest BCUT2D eigenvalue weighted by atomic mass is 32.1. The number of carbonyl (C=O) groups excluding carboxylic acids is 2. The van der Waals surface area contributed by atoms with Crippen LogP contribution in [-0.4, -0.2) is 29.0 Å². The first-order valence-electron chi connectivity index (χ1n) is 11.4. The maximum Gasteiger partial charge on any atom is 0.351 e. The zero-order valence-electron chi connectivity index (χ0n) is 20.4. The molecule has 2 heterocycles. The molecule has 1 unspecified atom stereocenters. The Morgan fingerprint density at radius 1 is 1.24 bits per heavy atom. The first-order chi connectivity index (χ1) is 16.1. The van der Waals surface area contributed by atoms with E-state index in [0.717, 1.165) is 22.7 Å². The van der Waals surface area contributed by atoms with Crippen LogP contribution in [0.5, 0.6) is 5.75 Å². The molecule has 0 aliphatic rings. The van der Waals surface area contributed by atoms with Gasteiger partial charge in [-0.05, 0) is 50.2 Å². The molecule has 184 valence electrons. The number of ether oxygens (including phenoxy) is 1. The number of carbonyl (C=O) groups is 2. The number of rotatable bonds is 12. The minimum atomic E-state index is -0.859. The molecule has 8 heteroatoms. The van der Waals surface area contributed by atoms with Crippen molar-refractivity contribution in [3.05, 3.63) is 61.6 Å². The van der Waals surface area contributed by atoms with Crippen LogP contribution >= 0.6 is 11.3 Å². The fraction of sp³-hybridized carbons (Fsp3) is 0.462. The number of hydrogen-bond donors (Lipinski definition) is 1. The maximum atomic E-state index is 12.9. The van der Waals surface area contributed by atoms with Crippen molar-refractivity contribution in [2.24, 2.45) is 5.92 Å². The van der Waals surface area contributed by atoms with Gasteiger partial charge in [0.25, 0.3) is 0 Å². The molecule has 2 aromatic heterocycles. The van der Waals surface area contributed by atoms with Crippen molar-refractivity contribution < 1.29 is 23.8 Å². The Balaban J connectivity index is 2.08. The van der Waals surface area contributed by atoms with E-state index in [1.807, 2.05) is 13.0 Å². The summed E-state index contributed by atoms with van der Waals surface area (Å²) in [5.74, 6) is -0.552. The van der Waals surface area contributed by atoms with Crippen molar-refractivity contribution in [3.8, 4) is 5.75 Å². The molecule has 2 aromatic rings. The molecule has 1 atom stereocenters. The summed E-state index contributed by atoms with van der Waals surface area (Å²) >= 11 is 1.51. The van der Waals surface area contributed by atoms with Gasteiger partial charge in [0.1, 0.15) is 17.1 Å². The summed E-state index contributed by atoms with van der Waals surface area (Å²) in [6, 6.07) is 1.33. The number of nitrogens with zero attached hydrogens (tertiary/aromatic N) is 1. The molecule has 0 bridgehead atoms. The van der Waals surface area contributed by atoms with Gasteiger partial charge in [-0.15, -0.1) is 11.3 Å². The first kappa shape index (κ1) is 27.2. The van der Waals surface area contributed by atoms with Gasteiger partial charge < -0.3 is 14.3 Å². The number of allylic oxidation sites excluding steroid dienone is 2. The molecule has 7 nitrogen and oxygen atoms in total. The zero-order valence-corrected chi connectivity index (χ0v) is 21.2. The van der Waals surface area contributed by atoms with Crippen LogP contribution in [0.3, 0.4) is 0 Å². The predicted octanol–water partition coefficient (Wildman–Crippen LogP) is 5.68. The van der Waals surface area contributed by atoms with E-state index in [1.165, 1.54) is 24.5 Å². The van der Waals surface area contributed by atoms with Gasteiger partial charge in [0.15, 0.2) is 5.78 Å². The standard InChI is InChI=1S/C26H33NO6S/c1-16(2)11-12-22-27-15-19(34-22)13-18(4)25(30)24-20(28)14-21(33-26(24)31)17(3)9-7-6-8-10-23(29)32-5/h6,8,13-17,28H,7,9-12H2,1-5H3/b8-6+,18-13?. The van der Waals surface area contributed by atoms with Gasteiger partial charge >= 0.3 is 11.6 Å². The molecule has 34 heavy (non-hydrogen) atoms. The molecule has 0 saturated carbocycles. The number of Topliss-reactive ketones (excluding diaryl/α,β-unsaturated/α-hetero) is 1. The highest BCUT2D eigenvalue weighted by Crippen LogP contribution is 2.27. The van der Waals surface area contributed by atoms with Crippen molar-refractivity contribution in [1.82, 2.24) is 4.98 Å². The largest absolute Gasteiger partial charge is 0.507 e. The molecule has 0 amide bonds. The Hall–Kier alpha value is -3.00. The van der Waals surface area contributed by atoms with E-state index in [0.29, 0.717) is 30.1 Å². The smallest absolute Gasteiger partial charge is 0.351 e. The number of hydrogen-bond acceptors (Lipinski definition) is 8. The minimum Gasteiger partial charge on any atom is -0.507 e. The number of aromatic nitrogens is 1. The SMILES string of the molecule is COC(=O)C/C=C/CCC(C)c1cc(O)c(C(=O)C(C)=Cc2cnc(CCC(C)C)s2)c(=O)o1. The number of aryl methyl sites for hydroxylation is 1. The van der Waals surface area contributed by atoms with Gasteiger partial charge in [-0.3, -0.25) is 9.59 Å². The normalized spacial score (nSPS) is 12.9. The summed E-state index contributed by atoms with van der Waals surface area (Å²) in [5.41, 5.74) is -0.909. The Kier molecular flexibility index (Phi) is 10.4. The van der Waals surface area contributed by atoms with Gasteiger partial charge in [0.05, 0.1) is 18.5 Å². The lowest BCUT2D eigenvalue weighted by Gasteiger charge is -2.11. The summed E-state index contributed by atoms with van der Waals surface area (Å²) in [6.07, 6.45) is 10.4. The van der Waals surface area contributed by atoms with E-state index in [9.17, 15) is 19.5 Å². The van der Waals surface area contributed by atoms with Crippen LogP contribution in [0.25, 0.3) is 6.08 Å². The van der Waals surface area contributed by atoms with Crippen molar-refractivity contribution in [3.63, 3.8) is 0 Å². The van der Waals surface area contributed by atoms with E-state index >= 15 is 0 Å². The maximum absolute atomic E-state index is 12.9. The fourth-order valence-electron chi connectivity index (χ4n) is 3.22. The highest BCUT2D eigenvalue weighted by Gasteiger charge is 2.22. The summed E-state index contributed by atoms with van der Waals surface area (Å²) in [4.78, 5) is 41.7. The molecule has 0 saturated heterocycles. The average molecular weight is 488 g/mol. The summed E-state index contributed by atoms with van der Waals surface area (Å²) in [5, 5.41) is 11.4. The monoisotopic (exact) mass is 487 g/mol. The Bertz CT molecular complexity index is 1110. The summed E-state index contributed by atoms with van der Waals surface area (Å²) in [7, 11) is 1.34. The molecule has 0 aliphatic heterocycles. The van der Waals surface area contributed by atoms with E-state index < -0.39 is 11.4 Å². The van der Waals surface area contributed by atoms with E-state index in [-0.39, 0.29) is 29.6 Å². The molecule has 0 fully saturated rings. The quantitative estimate of drug-likeness (QED) is 0.178. The Labute approximate surface area is 204 Å². The number of methoxy groups -OCH3 is 1. The second kappa shape index (κ2) is 13.0. The number of aromatic hydroxyl groups is 1. The lowest BCUT2D eigenvalue weighted by Crippen LogP contribution is -2.16. The molecular formula is C26H33NO6S. The van der Waals surface area contributed by atoms with Crippen molar-refractivity contribution in [2.45, 2.75) is 65.7 Å². The second-order valence-corrected chi connectivity index (χ2v) is 9.82. The van der Waals surface area contributed by atoms with E-state index in [1.54, 1.807) is 25.3 Å². The van der Waals surface area contributed by atoms with Crippen LogP contribution in [0.15, 0.2) is 39.2 Å². The fourth-order valence-corrected chi connectivity index (χ4v) is 4.15. The van der Waals surface area contributed by atoms with Gasteiger partial charge in [-0.1, -0.05) is 32.9 Å². The molecule has 0 aromatic carbocycles. The zero-order chi connectivity index (χ0) is 25.3. The van der Waals surface area contributed by atoms with Crippen LogP contribution in [-0.2, 0) is 16.0 Å². The van der Waals surface area contributed by atoms with Gasteiger partial charge in [0, 0.05) is 23.1 Å². The van der Waals surface area contributed by atoms with Crippen LogP contribution in [0.4, 0.5) is 0 Å². The Morgan fingerprint density at radius 3 is 2.62 bits per heavy atom. The topological polar surface area (TPSA) is 107 Å². The lowest BCUT2D eigenvalue weighted by molar-refractivity contribution is -0.139. The Morgan fingerprint density at radius 2 is 1.97 bits per heavy atom. The number of thiazole rings is 1.